The molecule has 104 valence electrons. The van der Waals surface area contributed by atoms with Crippen molar-refractivity contribution in [3.63, 3.8) is 0 Å². The second-order valence-electron chi connectivity index (χ2n) is 4.90. The third-order valence-corrected chi connectivity index (χ3v) is 4.89. The molecule has 1 unspecified atom stereocenters. The lowest BCUT2D eigenvalue weighted by Crippen LogP contribution is -2.19. The average molecular weight is 350 g/mol. The number of hydrogen-bond donors (Lipinski definition) is 1. The van der Waals surface area contributed by atoms with Crippen molar-refractivity contribution in [1.82, 2.24) is 14.7 Å². The van der Waals surface area contributed by atoms with Gasteiger partial charge in [0.15, 0.2) is 4.96 Å². The van der Waals surface area contributed by atoms with Crippen LogP contribution in [0.2, 0.25) is 0 Å². The van der Waals surface area contributed by atoms with Crippen LogP contribution in [0.4, 0.5) is 0 Å². The summed E-state index contributed by atoms with van der Waals surface area (Å²) in [6.45, 7) is 2.10. The number of nitrogens with one attached hydrogen (secondary N) is 1. The monoisotopic (exact) mass is 349 g/mol. The quantitative estimate of drug-likeness (QED) is 0.772. The van der Waals surface area contributed by atoms with E-state index in [1.165, 1.54) is 11.1 Å². The van der Waals surface area contributed by atoms with Crippen LogP contribution in [-0.2, 0) is 6.42 Å². The molecule has 0 amide bonds. The predicted octanol–water partition coefficient (Wildman–Crippen LogP) is 3.97. The molecule has 0 spiro atoms. The van der Waals surface area contributed by atoms with Crippen LogP contribution >= 0.6 is 27.3 Å². The molecule has 0 saturated carbocycles. The number of rotatable bonds is 4. The summed E-state index contributed by atoms with van der Waals surface area (Å²) in [5.41, 5.74) is 3.65. The molecule has 3 aromatic rings. The molecule has 3 rings (SSSR count). The molecule has 1 atom stereocenters. The van der Waals surface area contributed by atoms with E-state index >= 15 is 0 Å². The summed E-state index contributed by atoms with van der Waals surface area (Å²) in [5.74, 6) is 0. The number of benzene rings is 1. The first-order chi connectivity index (χ1) is 9.67. The van der Waals surface area contributed by atoms with Gasteiger partial charge in [0.1, 0.15) is 0 Å². The number of nitrogens with zero attached hydrogens (tertiary/aromatic N) is 2. The van der Waals surface area contributed by atoms with Crippen LogP contribution < -0.4 is 5.32 Å². The zero-order valence-electron chi connectivity index (χ0n) is 11.4. The number of hydrogen-bond acceptors (Lipinski definition) is 3. The van der Waals surface area contributed by atoms with E-state index in [9.17, 15) is 0 Å². The van der Waals surface area contributed by atoms with Gasteiger partial charge in [0, 0.05) is 34.7 Å². The largest absolute Gasteiger partial charge is 0.313 e. The first-order valence-electron chi connectivity index (χ1n) is 6.52. The lowest BCUT2D eigenvalue weighted by atomic mass is 10.0. The van der Waals surface area contributed by atoms with Crippen molar-refractivity contribution in [2.45, 2.75) is 19.4 Å². The summed E-state index contributed by atoms with van der Waals surface area (Å²) in [5, 5.41) is 5.44. The molecule has 0 radical (unpaired) electrons. The summed E-state index contributed by atoms with van der Waals surface area (Å²) >= 11 is 5.33. The zero-order chi connectivity index (χ0) is 14.1. The van der Waals surface area contributed by atoms with Crippen molar-refractivity contribution in [2.24, 2.45) is 0 Å². The SMILES string of the molecule is CNC(Cc1cn2ccsc2n1)c1ccc(C)cc1Br. The Hall–Kier alpha value is -1.17. The number of fused-ring (bicyclic) bond motifs is 1. The van der Waals surface area contributed by atoms with Crippen LogP contribution in [-0.4, -0.2) is 16.4 Å². The number of aromatic nitrogens is 2. The summed E-state index contributed by atoms with van der Waals surface area (Å²) in [6.07, 6.45) is 5.04. The van der Waals surface area contributed by atoms with Crippen molar-refractivity contribution in [2.75, 3.05) is 7.05 Å². The van der Waals surface area contributed by atoms with Gasteiger partial charge in [-0.1, -0.05) is 28.1 Å². The van der Waals surface area contributed by atoms with Crippen molar-refractivity contribution in [1.29, 1.82) is 0 Å². The molecule has 2 aromatic heterocycles. The van der Waals surface area contributed by atoms with Crippen molar-refractivity contribution in [3.05, 3.63) is 57.3 Å². The smallest absolute Gasteiger partial charge is 0.193 e. The van der Waals surface area contributed by atoms with Crippen LogP contribution in [0.15, 0.2) is 40.4 Å². The van der Waals surface area contributed by atoms with Gasteiger partial charge < -0.3 is 5.32 Å². The Morgan fingerprint density at radius 3 is 3.00 bits per heavy atom. The van der Waals surface area contributed by atoms with E-state index < -0.39 is 0 Å². The minimum Gasteiger partial charge on any atom is -0.313 e. The number of halogens is 1. The van der Waals surface area contributed by atoms with E-state index in [4.69, 9.17) is 0 Å². The first kappa shape index (κ1) is 13.8. The maximum atomic E-state index is 4.66. The van der Waals surface area contributed by atoms with E-state index in [2.05, 4.69) is 67.3 Å². The molecule has 0 fully saturated rings. The van der Waals surface area contributed by atoms with E-state index in [0.717, 1.165) is 21.5 Å². The molecule has 0 bridgehead atoms. The Labute approximate surface area is 130 Å². The highest BCUT2D eigenvalue weighted by Gasteiger charge is 2.15. The van der Waals surface area contributed by atoms with Crippen LogP contribution in [0, 0.1) is 6.92 Å². The summed E-state index contributed by atoms with van der Waals surface area (Å²) < 4.78 is 3.23. The molecule has 2 heterocycles. The lowest BCUT2D eigenvalue weighted by Gasteiger charge is -2.17. The molecule has 3 nitrogen and oxygen atoms in total. The van der Waals surface area contributed by atoms with Gasteiger partial charge in [0.05, 0.1) is 5.69 Å². The fraction of sp³-hybridized carbons (Fsp3) is 0.267. The second kappa shape index (κ2) is 5.68. The fourth-order valence-electron chi connectivity index (χ4n) is 2.37. The molecule has 0 saturated heterocycles. The zero-order valence-corrected chi connectivity index (χ0v) is 13.8. The van der Waals surface area contributed by atoms with Gasteiger partial charge in [0.25, 0.3) is 0 Å². The Bertz CT molecular complexity index is 703. The van der Waals surface area contributed by atoms with Gasteiger partial charge in [-0.3, -0.25) is 4.40 Å². The van der Waals surface area contributed by atoms with Crippen molar-refractivity contribution in [3.8, 4) is 0 Å². The minimum atomic E-state index is 0.259. The van der Waals surface area contributed by atoms with Gasteiger partial charge >= 0.3 is 0 Å². The van der Waals surface area contributed by atoms with E-state index in [1.54, 1.807) is 11.3 Å². The fourth-order valence-corrected chi connectivity index (χ4v) is 3.85. The number of aryl methyl sites for hydroxylation is 1. The Kier molecular flexibility index (Phi) is 3.92. The number of thiazole rings is 1. The molecule has 1 aromatic carbocycles. The van der Waals surface area contributed by atoms with Gasteiger partial charge in [-0.25, -0.2) is 4.98 Å². The molecular formula is C15H16BrN3S. The molecule has 0 aliphatic heterocycles. The maximum Gasteiger partial charge on any atom is 0.193 e. The van der Waals surface area contributed by atoms with Gasteiger partial charge in [0.2, 0.25) is 0 Å². The molecule has 0 aliphatic rings. The van der Waals surface area contributed by atoms with Gasteiger partial charge in [-0.05, 0) is 31.2 Å². The third kappa shape index (κ3) is 2.66. The lowest BCUT2D eigenvalue weighted by molar-refractivity contribution is 0.583. The molecular weight excluding hydrogens is 334 g/mol. The van der Waals surface area contributed by atoms with E-state index in [0.29, 0.717) is 0 Å². The third-order valence-electron chi connectivity index (χ3n) is 3.44. The minimum absolute atomic E-state index is 0.259. The van der Waals surface area contributed by atoms with Crippen LogP contribution in [0.25, 0.3) is 4.96 Å². The Balaban J connectivity index is 1.88. The molecule has 20 heavy (non-hydrogen) atoms. The molecule has 0 aliphatic carbocycles. The van der Waals surface area contributed by atoms with Crippen molar-refractivity contribution >= 4 is 32.2 Å². The Morgan fingerprint density at radius 2 is 2.30 bits per heavy atom. The summed E-state index contributed by atoms with van der Waals surface area (Å²) in [4.78, 5) is 5.71. The predicted molar refractivity (Wildman–Crippen MR) is 87.5 cm³/mol. The molecule has 5 heteroatoms. The second-order valence-corrected chi connectivity index (χ2v) is 6.62. The maximum absolute atomic E-state index is 4.66. The number of likely N-dealkylation sites (N-methyl/N-ethyl adjacent to an activating group) is 1. The summed E-state index contributed by atoms with van der Waals surface area (Å²) in [6, 6.07) is 6.75. The van der Waals surface area contributed by atoms with E-state index in [1.807, 2.05) is 13.2 Å². The standard InChI is InChI=1S/C15H16BrN3S/c1-10-3-4-12(13(16)7-10)14(17-2)8-11-9-19-5-6-20-15(19)18-11/h3-7,9,14,17H,8H2,1-2H3. The number of imidazole rings is 1. The highest BCUT2D eigenvalue weighted by Crippen LogP contribution is 2.27. The summed E-state index contributed by atoms with van der Waals surface area (Å²) in [7, 11) is 2.00. The molecule has 1 N–H and O–H groups in total. The Morgan fingerprint density at radius 1 is 1.45 bits per heavy atom. The van der Waals surface area contributed by atoms with Gasteiger partial charge in [-0.15, -0.1) is 11.3 Å². The van der Waals surface area contributed by atoms with Crippen molar-refractivity contribution < 1.29 is 0 Å². The first-order valence-corrected chi connectivity index (χ1v) is 8.19. The van der Waals surface area contributed by atoms with Crippen LogP contribution in [0.5, 0.6) is 0 Å². The van der Waals surface area contributed by atoms with Crippen LogP contribution in [0.3, 0.4) is 0 Å². The normalized spacial score (nSPS) is 12.9. The highest BCUT2D eigenvalue weighted by atomic mass is 79.9. The van der Waals surface area contributed by atoms with E-state index in [-0.39, 0.29) is 6.04 Å². The van der Waals surface area contributed by atoms with Crippen LogP contribution in [0.1, 0.15) is 22.9 Å². The highest BCUT2D eigenvalue weighted by molar-refractivity contribution is 9.10. The van der Waals surface area contributed by atoms with Gasteiger partial charge in [-0.2, -0.15) is 0 Å². The average Bonchev–Trinajstić information content (AvgIpc) is 2.97. The topological polar surface area (TPSA) is 29.3 Å².